The molecule has 0 spiro atoms. The molecule has 0 unspecified atom stereocenters. The predicted octanol–water partition coefficient (Wildman–Crippen LogP) is 4.89. The normalized spacial score (nSPS) is 9.71. The quantitative estimate of drug-likeness (QED) is 0.765. The van der Waals surface area contributed by atoms with Gasteiger partial charge in [0.15, 0.2) is 0 Å². The minimum absolute atomic E-state index is 0.148. The molecule has 0 bridgehead atoms. The van der Waals surface area contributed by atoms with Gasteiger partial charge in [0.25, 0.3) is 0 Å². The van der Waals surface area contributed by atoms with E-state index in [4.69, 9.17) is 14.2 Å². The summed E-state index contributed by atoms with van der Waals surface area (Å²) in [5.41, 5.74) is 2.16. The number of aromatic hydroxyl groups is 1. The Bertz CT molecular complexity index is 581. The van der Waals surface area contributed by atoms with Gasteiger partial charge in [0.2, 0.25) is 0 Å². The molecule has 2 aromatic rings. The van der Waals surface area contributed by atoms with E-state index < -0.39 is 0 Å². The molecule has 2 aromatic carbocycles. The van der Waals surface area contributed by atoms with Crippen LogP contribution >= 0.6 is 0 Å². The lowest BCUT2D eigenvalue weighted by Gasteiger charge is -2.09. The van der Waals surface area contributed by atoms with Gasteiger partial charge in [-0.15, -0.1) is 0 Å². The zero-order chi connectivity index (χ0) is 17.9. The molecule has 4 heteroatoms. The van der Waals surface area contributed by atoms with E-state index in [1.54, 1.807) is 26.4 Å². The van der Waals surface area contributed by atoms with Gasteiger partial charge >= 0.3 is 0 Å². The van der Waals surface area contributed by atoms with Crippen molar-refractivity contribution in [1.82, 2.24) is 0 Å². The Morgan fingerprint density at radius 3 is 1.92 bits per heavy atom. The van der Waals surface area contributed by atoms with E-state index >= 15 is 0 Å². The summed E-state index contributed by atoms with van der Waals surface area (Å²) in [4.78, 5) is 0. The van der Waals surface area contributed by atoms with Gasteiger partial charge < -0.3 is 19.3 Å². The van der Waals surface area contributed by atoms with Crippen LogP contribution < -0.4 is 14.2 Å². The summed E-state index contributed by atoms with van der Waals surface area (Å²) >= 11 is 0. The summed E-state index contributed by atoms with van der Waals surface area (Å²) in [6.07, 6.45) is 2.32. The predicted molar refractivity (Wildman–Crippen MR) is 97.5 cm³/mol. The van der Waals surface area contributed by atoms with Crippen LogP contribution in [0.5, 0.6) is 23.0 Å². The molecule has 0 aliphatic carbocycles. The highest BCUT2D eigenvalue weighted by atomic mass is 16.5. The monoisotopic (exact) mass is 332 g/mol. The van der Waals surface area contributed by atoms with Crippen LogP contribution in [-0.4, -0.2) is 25.9 Å². The second-order valence-electron chi connectivity index (χ2n) is 5.49. The SMILES string of the molecule is CCCCOc1ccc(C)cc1.COc1cc(O)cc(OC)c1C. The highest BCUT2D eigenvalue weighted by molar-refractivity contribution is 5.49. The molecule has 0 fully saturated rings. The van der Waals surface area contributed by atoms with Crippen molar-refractivity contribution in [3.63, 3.8) is 0 Å². The zero-order valence-corrected chi connectivity index (χ0v) is 15.3. The van der Waals surface area contributed by atoms with Gasteiger partial charge in [-0.25, -0.2) is 0 Å². The molecule has 0 radical (unpaired) electrons. The maximum absolute atomic E-state index is 9.22. The molecular weight excluding hydrogens is 304 g/mol. The van der Waals surface area contributed by atoms with Crippen molar-refractivity contribution in [3.8, 4) is 23.0 Å². The maximum Gasteiger partial charge on any atom is 0.129 e. The summed E-state index contributed by atoms with van der Waals surface area (Å²) in [5, 5.41) is 9.22. The fraction of sp³-hybridized carbons (Fsp3) is 0.400. The van der Waals surface area contributed by atoms with Gasteiger partial charge in [-0.2, -0.15) is 0 Å². The van der Waals surface area contributed by atoms with E-state index in [0.717, 1.165) is 24.3 Å². The third-order valence-corrected chi connectivity index (χ3v) is 3.52. The summed E-state index contributed by atoms with van der Waals surface area (Å²) in [7, 11) is 3.11. The minimum atomic E-state index is 0.148. The molecule has 0 aliphatic rings. The number of phenols is 1. The number of ether oxygens (including phenoxy) is 3. The van der Waals surface area contributed by atoms with Crippen LogP contribution in [0.15, 0.2) is 36.4 Å². The first-order valence-electron chi connectivity index (χ1n) is 8.12. The molecule has 0 aliphatic heterocycles. The topological polar surface area (TPSA) is 47.9 Å². The van der Waals surface area contributed by atoms with Gasteiger partial charge in [0, 0.05) is 17.7 Å². The van der Waals surface area contributed by atoms with Crippen LogP contribution in [0.2, 0.25) is 0 Å². The molecule has 2 rings (SSSR count). The molecule has 0 heterocycles. The van der Waals surface area contributed by atoms with E-state index in [-0.39, 0.29) is 5.75 Å². The van der Waals surface area contributed by atoms with Crippen LogP contribution in [0, 0.1) is 13.8 Å². The Morgan fingerprint density at radius 2 is 1.46 bits per heavy atom. The molecule has 132 valence electrons. The van der Waals surface area contributed by atoms with Gasteiger partial charge in [-0.3, -0.25) is 0 Å². The Hall–Kier alpha value is -2.36. The lowest BCUT2D eigenvalue weighted by Crippen LogP contribution is -1.95. The molecule has 0 saturated heterocycles. The zero-order valence-electron chi connectivity index (χ0n) is 15.3. The summed E-state index contributed by atoms with van der Waals surface area (Å²) in [6, 6.07) is 11.3. The van der Waals surface area contributed by atoms with E-state index in [1.165, 1.54) is 12.0 Å². The highest BCUT2D eigenvalue weighted by Crippen LogP contribution is 2.32. The smallest absolute Gasteiger partial charge is 0.129 e. The van der Waals surface area contributed by atoms with Crippen LogP contribution in [-0.2, 0) is 0 Å². The Balaban J connectivity index is 0.000000240. The van der Waals surface area contributed by atoms with Gasteiger partial charge in [-0.1, -0.05) is 31.0 Å². The second kappa shape index (κ2) is 10.4. The number of hydrogen-bond donors (Lipinski definition) is 1. The Kier molecular flexibility index (Phi) is 8.55. The van der Waals surface area contributed by atoms with E-state index in [1.807, 2.05) is 19.1 Å². The first-order chi connectivity index (χ1) is 11.5. The maximum atomic E-state index is 9.22. The third kappa shape index (κ3) is 6.41. The van der Waals surface area contributed by atoms with Crippen molar-refractivity contribution in [3.05, 3.63) is 47.5 Å². The van der Waals surface area contributed by atoms with Crippen LogP contribution in [0.4, 0.5) is 0 Å². The van der Waals surface area contributed by atoms with Crippen LogP contribution in [0.25, 0.3) is 0 Å². The molecule has 0 atom stereocenters. The minimum Gasteiger partial charge on any atom is -0.508 e. The van der Waals surface area contributed by atoms with Crippen molar-refractivity contribution >= 4 is 0 Å². The first-order valence-corrected chi connectivity index (χ1v) is 8.12. The average Bonchev–Trinajstić information content (AvgIpc) is 2.59. The van der Waals surface area contributed by atoms with Crippen LogP contribution in [0.1, 0.15) is 30.9 Å². The van der Waals surface area contributed by atoms with E-state index in [0.29, 0.717) is 11.5 Å². The highest BCUT2D eigenvalue weighted by Gasteiger charge is 2.06. The lowest BCUT2D eigenvalue weighted by molar-refractivity contribution is 0.309. The number of benzene rings is 2. The number of hydrogen-bond acceptors (Lipinski definition) is 4. The molecule has 4 nitrogen and oxygen atoms in total. The van der Waals surface area contributed by atoms with Crippen molar-refractivity contribution in [1.29, 1.82) is 0 Å². The Labute approximate surface area is 145 Å². The summed E-state index contributed by atoms with van der Waals surface area (Å²) in [5.74, 6) is 2.39. The van der Waals surface area contributed by atoms with E-state index in [9.17, 15) is 5.11 Å². The van der Waals surface area contributed by atoms with Crippen molar-refractivity contribution in [2.45, 2.75) is 33.6 Å². The third-order valence-electron chi connectivity index (χ3n) is 3.52. The molecule has 24 heavy (non-hydrogen) atoms. The molecular formula is C20H28O4. The van der Waals surface area contributed by atoms with Gasteiger partial charge in [-0.05, 0) is 32.4 Å². The number of rotatable bonds is 6. The molecule has 0 aromatic heterocycles. The fourth-order valence-electron chi connectivity index (χ4n) is 2.04. The number of phenolic OH excluding ortho intramolecular Hbond substituents is 1. The molecule has 1 N–H and O–H groups in total. The molecule has 0 saturated carbocycles. The molecule has 0 amide bonds. The fourth-order valence-corrected chi connectivity index (χ4v) is 2.04. The van der Waals surface area contributed by atoms with Crippen molar-refractivity contribution in [2.75, 3.05) is 20.8 Å². The van der Waals surface area contributed by atoms with Gasteiger partial charge in [0.1, 0.15) is 23.0 Å². The lowest BCUT2D eigenvalue weighted by atomic mass is 10.2. The van der Waals surface area contributed by atoms with E-state index in [2.05, 4.69) is 26.0 Å². The summed E-state index contributed by atoms with van der Waals surface area (Å²) < 4.78 is 15.6. The standard InChI is InChI=1S/C11H16O.C9H12O3/c1-3-4-9-12-11-7-5-10(2)6-8-11;1-6-8(11-2)4-7(10)5-9(6)12-3/h5-8H,3-4,9H2,1-2H3;4-5,10H,1-3H3. The average molecular weight is 332 g/mol. The largest absolute Gasteiger partial charge is 0.508 e. The van der Waals surface area contributed by atoms with Crippen molar-refractivity contribution in [2.24, 2.45) is 0 Å². The van der Waals surface area contributed by atoms with Crippen molar-refractivity contribution < 1.29 is 19.3 Å². The number of unbranched alkanes of at least 4 members (excludes halogenated alkanes) is 1. The Morgan fingerprint density at radius 1 is 0.917 bits per heavy atom. The number of methoxy groups -OCH3 is 2. The first kappa shape index (κ1) is 19.7. The van der Waals surface area contributed by atoms with Gasteiger partial charge in [0.05, 0.1) is 20.8 Å². The summed E-state index contributed by atoms with van der Waals surface area (Å²) in [6.45, 7) is 6.95. The number of aryl methyl sites for hydroxylation is 1. The van der Waals surface area contributed by atoms with Crippen LogP contribution in [0.3, 0.4) is 0 Å². The second-order valence-corrected chi connectivity index (χ2v) is 5.49.